The molecule has 224 valence electrons. The highest BCUT2D eigenvalue weighted by Gasteiger charge is 2.85. The van der Waals surface area contributed by atoms with E-state index in [0.717, 1.165) is 11.9 Å². The number of aldehydes is 1. The van der Waals surface area contributed by atoms with Gasteiger partial charge in [-0.05, 0) is 79.0 Å². The molecule has 1 N–H and O–H groups in total. The van der Waals surface area contributed by atoms with Crippen LogP contribution in [0.2, 0.25) is 0 Å². The van der Waals surface area contributed by atoms with Crippen molar-refractivity contribution < 1.29 is 38.4 Å². The van der Waals surface area contributed by atoms with Crippen LogP contribution in [-0.4, -0.2) is 58.6 Å². The number of benzene rings is 1. The van der Waals surface area contributed by atoms with Crippen LogP contribution in [0.15, 0.2) is 29.4 Å². The average Bonchev–Trinajstić information content (AvgIpc) is 3.06. The first-order chi connectivity index (χ1) is 19.7. The maximum Gasteiger partial charge on any atom is 0.180 e. The molecule has 3 aliphatic carbocycles. The summed E-state index contributed by atoms with van der Waals surface area (Å²) in [7, 11) is 1.51. The zero-order valence-corrected chi connectivity index (χ0v) is 25.6. The Labute approximate surface area is 246 Å². The highest BCUT2D eigenvalue weighted by Crippen LogP contribution is 2.70. The summed E-state index contributed by atoms with van der Waals surface area (Å²) in [5.74, 6) is -1.86. The van der Waals surface area contributed by atoms with Gasteiger partial charge in [0, 0.05) is 30.9 Å². The molecular weight excluding hydrogens is 536 g/mol. The molecule has 6 aliphatic rings. The van der Waals surface area contributed by atoms with Crippen molar-refractivity contribution >= 4 is 23.9 Å². The van der Waals surface area contributed by atoms with E-state index in [-0.39, 0.29) is 41.0 Å². The van der Waals surface area contributed by atoms with Gasteiger partial charge in [-0.1, -0.05) is 17.7 Å². The van der Waals surface area contributed by atoms with E-state index in [1.54, 1.807) is 19.1 Å². The topological polar surface area (TPSA) is 108 Å². The quantitative estimate of drug-likeness (QED) is 0.275. The number of allylic oxidation sites excluding steroid dienone is 3. The van der Waals surface area contributed by atoms with E-state index in [9.17, 15) is 19.5 Å². The van der Waals surface area contributed by atoms with Crippen LogP contribution in [0.3, 0.4) is 0 Å². The van der Waals surface area contributed by atoms with E-state index in [4.69, 9.17) is 18.9 Å². The number of Topliss-reactive ketones (excluding diaryl/α,β-unsaturated/α-hetero) is 2. The zero-order chi connectivity index (χ0) is 30.6. The van der Waals surface area contributed by atoms with Crippen molar-refractivity contribution in [1.29, 1.82) is 0 Å². The number of ketones is 2. The maximum atomic E-state index is 14.9. The Hall–Kier alpha value is -3.23. The van der Waals surface area contributed by atoms with Crippen molar-refractivity contribution in [2.75, 3.05) is 7.11 Å². The summed E-state index contributed by atoms with van der Waals surface area (Å²) >= 11 is 0. The van der Waals surface area contributed by atoms with Gasteiger partial charge >= 0.3 is 0 Å². The lowest BCUT2D eigenvalue weighted by atomic mass is 9.45. The third-order valence-corrected chi connectivity index (χ3v) is 10.0. The van der Waals surface area contributed by atoms with E-state index >= 15 is 0 Å². The van der Waals surface area contributed by atoms with Gasteiger partial charge in [0.25, 0.3) is 0 Å². The number of carbonyl (C=O) groups is 3. The molecule has 4 fully saturated rings. The van der Waals surface area contributed by atoms with Crippen molar-refractivity contribution in [3.63, 3.8) is 0 Å². The molecule has 0 aromatic heterocycles. The normalized spacial score (nSPS) is 34.6. The van der Waals surface area contributed by atoms with Gasteiger partial charge in [-0.3, -0.25) is 14.4 Å². The molecule has 42 heavy (non-hydrogen) atoms. The van der Waals surface area contributed by atoms with Gasteiger partial charge in [-0.2, -0.15) is 0 Å². The molecule has 0 amide bonds. The second kappa shape index (κ2) is 9.13. The minimum Gasteiger partial charge on any atom is -0.506 e. The Bertz CT molecular complexity index is 1510. The van der Waals surface area contributed by atoms with E-state index in [2.05, 4.69) is 0 Å². The number of methoxy groups -OCH3 is 1. The standard InChI is InChI=1S/C34H40O8/c1-17(2)9-10-20-27-19(12-13-31(4,5)40-27)25(36)23-26(37)24-29(39-8)21-15-22-32(6,7)42-33(30(21)38,14-11-18(3)16-35)34(22,24)41-28(20)23/h9,11-13,16,21-22,24,29,36H,10,14-15H2,1-8H3/b18-11+/t21-,22-,24+,29-,33-,34-/m1/s1. The van der Waals surface area contributed by atoms with E-state index in [0.29, 0.717) is 35.3 Å². The number of phenolic OH excluding ortho intramolecular Hbond substituents is 1. The van der Waals surface area contributed by atoms with Crippen LogP contribution in [0.4, 0.5) is 0 Å². The van der Waals surface area contributed by atoms with E-state index < -0.39 is 40.3 Å². The van der Waals surface area contributed by atoms with Gasteiger partial charge in [-0.25, -0.2) is 0 Å². The van der Waals surface area contributed by atoms with Crippen molar-refractivity contribution in [2.45, 2.75) is 96.2 Å². The van der Waals surface area contributed by atoms with Gasteiger partial charge in [0.2, 0.25) is 0 Å². The highest BCUT2D eigenvalue weighted by atomic mass is 16.6. The summed E-state index contributed by atoms with van der Waals surface area (Å²) in [4.78, 5) is 40.9. The highest BCUT2D eigenvalue weighted by molar-refractivity contribution is 6.10. The first-order valence-corrected chi connectivity index (χ1v) is 14.7. The predicted molar refractivity (Wildman–Crippen MR) is 156 cm³/mol. The Morgan fingerprint density at radius 1 is 1.10 bits per heavy atom. The second-order valence-corrected chi connectivity index (χ2v) is 13.8. The van der Waals surface area contributed by atoms with Crippen molar-refractivity contribution in [2.24, 2.45) is 17.8 Å². The first kappa shape index (κ1) is 28.9. The molecule has 1 spiro atoms. The summed E-state index contributed by atoms with van der Waals surface area (Å²) in [5.41, 5.74) is -1.74. The third kappa shape index (κ3) is 3.57. The van der Waals surface area contributed by atoms with Gasteiger partial charge in [-0.15, -0.1) is 0 Å². The smallest absolute Gasteiger partial charge is 0.180 e. The van der Waals surface area contributed by atoms with Gasteiger partial charge in [0.15, 0.2) is 22.8 Å². The fourth-order valence-electron chi connectivity index (χ4n) is 8.28. The number of hydrogen-bond donors (Lipinski definition) is 1. The zero-order valence-electron chi connectivity index (χ0n) is 25.6. The molecule has 0 unspecified atom stereocenters. The molecule has 3 aliphatic heterocycles. The predicted octanol–water partition coefficient (Wildman–Crippen LogP) is 5.33. The van der Waals surface area contributed by atoms with Crippen LogP contribution in [-0.2, 0) is 25.5 Å². The number of phenols is 1. The molecule has 3 heterocycles. The minimum absolute atomic E-state index is 0.0783. The number of aromatic hydroxyl groups is 1. The lowest BCUT2D eigenvalue weighted by Crippen LogP contribution is -2.80. The van der Waals surface area contributed by atoms with E-state index in [1.807, 2.05) is 53.7 Å². The monoisotopic (exact) mass is 576 g/mol. The number of hydrogen-bond acceptors (Lipinski definition) is 8. The molecular formula is C34H40O8. The Balaban J connectivity index is 1.68. The largest absolute Gasteiger partial charge is 0.506 e. The Morgan fingerprint density at radius 2 is 1.81 bits per heavy atom. The number of rotatable bonds is 6. The van der Waals surface area contributed by atoms with Gasteiger partial charge in [0.1, 0.15) is 34.7 Å². The van der Waals surface area contributed by atoms with Crippen molar-refractivity contribution in [3.8, 4) is 17.2 Å². The average molecular weight is 577 g/mol. The molecule has 8 nitrogen and oxygen atoms in total. The molecule has 8 heteroatoms. The molecule has 4 bridgehead atoms. The fourth-order valence-corrected chi connectivity index (χ4v) is 8.28. The van der Waals surface area contributed by atoms with Crippen LogP contribution < -0.4 is 9.47 Å². The second-order valence-electron chi connectivity index (χ2n) is 13.8. The van der Waals surface area contributed by atoms with Crippen LogP contribution in [0.1, 0.15) is 82.8 Å². The molecule has 1 aromatic carbocycles. The van der Waals surface area contributed by atoms with Gasteiger partial charge < -0.3 is 24.1 Å². The van der Waals surface area contributed by atoms with Crippen molar-refractivity contribution in [3.05, 3.63) is 46.1 Å². The molecule has 6 atom stereocenters. The minimum atomic E-state index is -1.53. The maximum absolute atomic E-state index is 14.9. The molecule has 3 saturated carbocycles. The van der Waals surface area contributed by atoms with Crippen LogP contribution in [0.5, 0.6) is 17.2 Å². The number of carbonyl (C=O) groups excluding carboxylic acids is 3. The Morgan fingerprint density at radius 3 is 2.45 bits per heavy atom. The van der Waals surface area contributed by atoms with Crippen molar-refractivity contribution in [1.82, 2.24) is 0 Å². The Kier molecular flexibility index (Phi) is 6.28. The summed E-state index contributed by atoms with van der Waals surface area (Å²) in [6.07, 6.45) is 8.28. The fraction of sp³-hybridized carbons (Fsp3) is 0.559. The lowest BCUT2D eigenvalue weighted by molar-refractivity contribution is -0.224. The lowest BCUT2D eigenvalue weighted by Gasteiger charge is -2.62. The van der Waals surface area contributed by atoms with E-state index in [1.165, 1.54) is 7.11 Å². The molecule has 7 rings (SSSR count). The summed E-state index contributed by atoms with van der Waals surface area (Å²) in [5, 5.41) is 11.7. The molecule has 1 aromatic rings. The molecule has 1 saturated heterocycles. The summed E-state index contributed by atoms with van der Waals surface area (Å²) < 4.78 is 26.3. The summed E-state index contributed by atoms with van der Waals surface area (Å²) in [6.45, 7) is 13.4. The van der Waals surface area contributed by atoms with Crippen LogP contribution in [0, 0.1) is 17.8 Å². The first-order valence-electron chi connectivity index (χ1n) is 14.7. The SMILES string of the molecule is CO[C@@H]1[C@H]2C[C@@H]3C(C)(C)O[C@](C/C=C(\C)C=O)(C2=O)[C@@]32Oc3c(CC=C(C)C)c4c(c(O)c3C(=O)[C@@H]12)C=CC(C)(C)O4. The van der Waals surface area contributed by atoms with Gasteiger partial charge in [0.05, 0.1) is 23.2 Å². The summed E-state index contributed by atoms with van der Waals surface area (Å²) in [6, 6.07) is 0. The number of fused-ring (bicyclic) bond motifs is 2. The molecule has 0 radical (unpaired) electrons. The van der Waals surface area contributed by atoms with Crippen LogP contribution in [0.25, 0.3) is 6.08 Å². The number of ether oxygens (including phenoxy) is 4. The third-order valence-electron chi connectivity index (χ3n) is 10.0. The van der Waals surface area contributed by atoms with Crippen LogP contribution >= 0.6 is 0 Å².